The highest BCUT2D eigenvalue weighted by molar-refractivity contribution is 7.09. The topological polar surface area (TPSA) is 63.7 Å². The largest absolute Gasteiger partial charge is 0.489 e. The summed E-state index contributed by atoms with van der Waals surface area (Å²) < 4.78 is 10.7. The fourth-order valence-electron chi connectivity index (χ4n) is 2.95. The van der Waals surface area contributed by atoms with Gasteiger partial charge in [-0.2, -0.15) is 0 Å². The van der Waals surface area contributed by atoms with Gasteiger partial charge < -0.3 is 19.7 Å². The van der Waals surface area contributed by atoms with E-state index in [1.807, 2.05) is 34.5 Å². The van der Waals surface area contributed by atoms with Gasteiger partial charge >= 0.3 is 6.03 Å². The van der Waals surface area contributed by atoms with Crippen LogP contribution in [0.4, 0.5) is 10.5 Å². The van der Waals surface area contributed by atoms with E-state index in [0.29, 0.717) is 24.7 Å². The Bertz CT molecular complexity index is 678. The average molecular weight is 361 g/mol. The molecule has 1 aromatic carbocycles. The van der Waals surface area contributed by atoms with Gasteiger partial charge in [-0.15, -0.1) is 11.3 Å². The summed E-state index contributed by atoms with van der Waals surface area (Å²) in [5.41, 5.74) is 0.673. The summed E-state index contributed by atoms with van der Waals surface area (Å²) in [6.07, 6.45) is 4.88. The lowest BCUT2D eigenvalue weighted by Gasteiger charge is -2.34. The number of anilines is 1. The maximum Gasteiger partial charge on any atom is 0.322 e. The lowest BCUT2D eigenvalue weighted by atomic mass is 10.0. The van der Waals surface area contributed by atoms with E-state index in [-0.39, 0.29) is 12.1 Å². The molecule has 2 amide bonds. The summed E-state index contributed by atoms with van der Waals surface area (Å²) in [7, 11) is 1.63. The minimum atomic E-state index is -0.109. The molecule has 6 nitrogen and oxygen atoms in total. The number of nitrogens with zero attached hydrogens (tertiary/aromatic N) is 2. The Balaban J connectivity index is 1.70. The third kappa shape index (κ3) is 4.49. The number of para-hydroxylation sites is 2. The van der Waals surface area contributed by atoms with Crippen molar-refractivity contribution in [3.63, 3.8) is 0 Å². The standard InChI is InChI=1S/C18H23N3O3S/c1-23-11-12-24-16-8-3-2-6-14(16)20-18(22)21-10-5-4-7-15(21)17-19-9-13-25-17/h2-3,6,8-9,13,15H,4-5,7,10-12H2,1H3,(H,20,22). The van der Waals surface area contributed by atoms with E-state index in [0.717, 1.165) is 30.8 Å². The highest BCUT2D eigenvalue weighted by atomic mass is 32.1. The maximum absolute atomic E-state index is 12.9. The summed E-state index contributed by atoms with van der Waals surface area (Å²) in [5.74, 6) is 0.649. The summed E-state index contributed by atoms with van der Waals surface area (Å²) in [4.78, 5) is 19.2. The third-order valence-corrected chi connectivity index (χ3v) is 5.05. The van der Waals surface area contributed by atoms with Crippen molar-refractivity contribution in [1.29, 1.82) is 0 Å². The molecule has 1 atom stereocenters. The molecule has 2 aromatic rings. The minimum Gasteiger partial charge on any atom is -0.489 e. The molecule has 1 N–H and O–H groups in total. The van der Waals surface area contributed by atoms with Gasteiger partial charge in [0.2, 0.25) is 0 Å². The Morgan fingerprint density at radius 3 is 3.04 bits per heavy atom. The summed E-state index contributed by atoms with van der Waals surface area (Å²) in [5, 5.41) is 5.95. The van der Waals surface area contributed by atoms with Crippen LogP contribution in [-0.2, 0) is 4.74 Å². The zero-order chi connectivity index (χ0) is 17.5. The normalized spacial score (nSPS) is 17.3. The van der Waals surface area contributed by atoms with Gasteiger partial charge in [0, 0.05) is 25.2 Å². The predicted octanol–water partition coefficient (Wildman–Crippen LogP) is 3.93. The van der Waals surface area contributed by atoms with Crippen LogP contribution in [0.25, 0.3) is 0 Å². The number of hydrogen-bond acceptors (Lipinski definition) is 5. The molecular weight excluding hydrogens is 338 g/mol. The lowest BCUT2D eigenvalue weighted by molar-refractivity contribution is 0.146. The highest BCUT2D eigenvalue weighted by Gasteiger charge is 2.30. The molecule has 0 saturated carbocycles. The van der Waals surface area contributed by atoms with Crippen LogP contribution in [0.15, 0.2) is 35.8 Å². The maximum atomic E-state index is 12.9. The number of thiazole rings is 1. The van der Waals surface area contributed by atoms with Crippen LogP contribution in [0.3, 0.4) is 0 Å². The Morgan fingerprint density at radius 1 is 1.36 bits per heavy atom. The second-order valence-electron chi connectivity index (χ2n) is 5.84. The summed E-state index contributed by atoms with van der Waals surface area (Å²) in [6, 6.07) is 7.41. The van der Waals surface area contributed by atoms with Crippen molar-refractivity contribution in [3.05, 3.63) is 40.8 Å². The number of carbonyl (C=O) groups is 1. The van der Waals surface area contributed by atoms with Crippen molar-refractivity contribution in [3.8, 4) is 5.75 Å². The predicted molar refractivity (Wildman–Crippen MR) is 98.2 cm³/mol. The van der Waals surface area contributed by atoms with E-state index in [4.69, 9.17) is 9.47 Å². The average Bonchev–Trinajstić information content (AvgIpc) is 3.18. The molecular formula is C18H23N3O3S. The van der Waals surface area contributed by atoms with Crippen molar-refractivity contribution in [2.75, 3.05) is 32.2 Å². The SMILES string of the molecule is COCCOc1ccccc1NC(=O)N1CCCCC1c1nccs1. The third-order valence-electron chi connectivity index (χ3n) is 4.17. The number of piperidine rings is 1. The second-order valence-corrected chi connectivity index (χ2v) is 6.77. The number of nitrogens with one attached hydrogen (secondary N) is 1. The smallest absolute Gasteiger partial charge is 0.322 e. The molecule has 25 heavy (non-hydrogen) atoms. The number of hydrogen-bond donors (Lipinski definition) is 1. The van der Waals surface area contributed by atoms with Crippen LogP contribution in [0.2, 0.25) is 0 Å². The summed E-state index contributed by atoms with van der Waals surface area (Å²) >= 11 is 1.60. The Morgan fingerprint density at radius 2 is 2.24 bits per heavy atom. The first-order valence-corrected chi connectivity index (χ1v) is 9.35. The van der Waals surface area contributed by atoms with Gasteiger partial charge in [-0.25, -0.2) is 9.78 Å². The zero-order valence-corrected chi connectivity index (χ0v) is 15.1. The van der Waals surface area contributed by atoms with Gasteiger partial charge in [0.05, 0.1) is 18.3 Å². The number of aromatic nitrogens is 1. The van der Waals surface area contributed by atoms with Gasteiger partial charge in [-0.3, -0.25) is 0 Å². The molecule has 1 fully saturated rings. The van der Waals surface area contributed by atoms with Gasteiger partial charge in [0.1, 0.15) is 17.4 Å². The van der Waals surface area contributed by atoms with Crippen LogP contribution in [0.1, 0.15) is 30.3 Å². The van der Waals surface area contributed by atoms with Crippen molar-refractivity contribution < 1.29 is 14.3 Å². The number of carbonyl (C=O) groups excluding carboxylic acids is 1. The number of methoxy groups -OCH3 is 1. The monoisotopic (exact) mass is 361 g/mol. The van der Waals surface area contributed by atoms with Gasteiger partial charge in [-0.1, -0.05) is 12.1 Å². The quantitative estimate of drug-likeness (QED) is 0.792. The van der Waals surface area contributed by atoms with Crippen LogP contribution in [0.5, 0.6) is 5.75 Å². The molecule has 0 bridgehead atoms. The Labute approximate surface area is 151 Å². The molecule has 0 radical (unpaired) electrons. The van der Waals surface area contributed by atoms with Crippen LogP contribution in [0, 0.1) is 0 Å². The second kappa shape index (κ2) is 8.82. The van der Waals surface area contributed by atoms with E-state index in [1.54, 1.807) is 24.6 Å². The Hall–Kier alpha value is -2.12. The number of likely N-dealkylation sites (tertiary alicyclic amines) is 1. The van der Waals surface area contributed by atoms with Crippen molar-refractivity contribution in [2.45, 2.75) is 25.3 Å². The van der Waals surface area contributed by atoms with Crippen LogP contribution < -0.4 is 10.1 Å². The van der Waals surface area contributed by atoms with E-state index in [9.17, 15) is 4.79 Å². The van der Waals surface area contributed by atoms with Crippen LogP contribution in [-0.4, -0.2) is 42.8 Å². The summed E-state index contributed by atoms with van der Waals surface area (Å²) in [6.45, 7) is 1.68. The Kier molecular flexibility index (Phi) is 6.25. The van der Waals surface area contributed by atoms with Crippen molar-refractivity contribution in [2.24, 2.45) is 0 Å². The van der Waals surface area contributed by atoms with Crippen molar-refractivity contribution >= 4 is 23.1 Å². The van der Waals surface area contributed by atoms with Gasteiger partial charge in [0.15, 0.2) is 0 Å². The first-order chi connectivity index (χ1) is 12.3. The van der Waals surface area contributed by atoms with E-state index >= 15 is 0 Å². The fourth-order valence-corrected chi connectivity index (χ4v) is 3.73. The van der Waals surface area contributed by atoms with Gasteiger partial charge in [0.25, 0.3) is 0 Å². The van der Waals surface area contributed by atoms with Crippen molar-refractivity contribution in [1.82, 2.24) is 9.88 Å². The fraction of sp³-hybridized carbons (Fsp3) is 0.444. The molecule has 0 aliphatic carbocycles. The molecule has 2 heterocycles. The lowest BCUT2D eigenvalue weighted by Crippen LogP contribution is -2.41. The van der Waals surface area contributed by atoms with Gasteiger partial charge in [-0.05, 0) is 31.4 Å². The molecule has 134 valence electrons. The molecule has 1 unspecified atom stereocenters. The number of amides is 2. The molecule has 0 spiro atoms. The highest BCUT2D eigenvalue weighted by Crippen LogP contribution is 2.33. The molecule has 7 heteroatoms. The first kappa shape index (κ1) is 17.7. The molecule has 1 aromatic heterocycles. The molecule has 1 saturated heterocycles. The molecule has 3 rings (SSSR count). The zero-order valence-electron chi connectivity index (χ0n) is 14.3. The molecule has 1 aliphatic heterocycles. The molecule has 1 aliphatic rings. The van der Waals surface area contributed by atoms with E-state index in [1.165, 1.54) is 0 Å². The minimum absolute atomic E-state index is 0.0512. The van der Waals surface area contributed by atoms with E-state index in [2.05, 4.69) is 10.3 Å². The number of urea groups is 1. The van der Waals surface area contributed by atoms with E-state index < -0.39 is 0 Å². The number of ether oxygens (including phenoxy) is 2. The first-order valence-electron chi connectivity index (χ1n) is 8.47. The number of benzene rings is 1. The number of rotatable bonds is 6. The van der Waals surface area contributed by atoms with Crippen LogP contribution >= 0.6 is 11.3 Å².